The molecule has 0 unspecified atom stereocenters. The average molecular weight is 158 g/mol. The van der Waals surface area contributed by atoms with E-state index in [9.17, 15) is 4.39 Å². The molecule has 60 valence electrons. The van der Waals surface area contributed by atoms with E-state index in [0.29, 0.717) is 5.56 Å². The van der Waals surface area contributed by atoms with Crippen LogP contribution in [0.1, 0.15) is 9.68 Å². The molecule has 1 rings (SSSR count). The van der Waals surface area contributed by atoms with Crippen LogP contribution in [0.15, 0.2) is 18.2 Å². The van der Waals surface area contributed by atoms with E-state index in [1.807, 2.05) is 0 Å². The lowest BCUT2D eigenvalue weighted by Crippen LogP contribution is -1.97. The van der Waals surface area contributed by atoms with Gasteiger partial charge in [-0.3, -0.25) is 0 Å². The number of ether oxygens (including phenoxy) is 1. The van der Waals surface area contributed by atoms with E-state index in [4.69, 9.17) is 9.85 Å². The van der Waals surface area contributed by atoms with Crippen molar-refractivity contribution in [2.75, 3.05) is 7.04 Å². The monoisotopic (exact) mass is 158 g/mol. The topological polar surface area (TPSA) is 35.2 Å². The van der Waals surface area contributed by atoms with Gasteiger partial charge in [0, 0.05) is 6.54 Å². The summed E-state index contributed by atoms with van der Waals surface area (Å²) >= 11 is 0. The van der Waals surface area contributed by atoms with Crippen molar-refractivity contribution < 1.29 is 13.2 Å². The van der Waals surface area contributed by atoms with E-state index < -0.39 is 12.9 Å². The standard InChI is InChI=1S/C8H10FNO/c1-11-8-3-2-6(5-10)4-7(8)9/h2-4H,5,10H2,1H3/i1D3. The van der Waals surface area contributed by atoms with Crippen molar-refractivity contribution in [3.05, 3.63) is 29.6 Å². The van der Waals surface area contributed by atoms with Gasteiger partial charge >= 0.3 is 0 Å². The minimum Gasteiger partial charge on any atom is -0.494 e. The van der Waals surface area contributed by atoms with Gasteiger partial charge in [0.2, 0.25) is 0 Å². The molecule has 0 bridgehead atoms. The van der Waals surface area contributed by atoms with Gasteiger partial charge in [0.25, 0.3) is 0 Å². The lowest BCUT2D eigenvalue weighted by atomic mass is 10.2. The number of hydrogen-bond donors (Lipinski definition) is 1. The second kappa shape index (κ2) is 3.34. The van der Waals surface area contributed by atoms with Crippen LogP contribution in [-0.4, -0.2) is 7.04 Å². The lowest BCUT2D eigenvalue weighted by molar-refractivity contribution is 0.386. The van der Waals surface area contributed by atoms with Crippen molar-refractivity contribution in [3.63, 3.8) is 0 Å². The summed E-state index contributed by atoms with van der Waals surface area (Å²) in [5.74, 6) is -1.01. The van der Waals surface area contributed by atoms with Crippen molar-refractivity contribution in [3.8, 4) is 5.75 Å². The Bertz CT molecular complexity index is 327. The molecule has 0 aliphatic rings. The molecule has 0 atom stereocenters. The average Bonchev–Trinajstić information content (AvgIpc) is 2.06. The number of halogens is 1. The summed E-state index contributed by atoms with van der Waals surface area (Å²) in [6, 6.07) is 3.93. The zero-order valence-electron chi connectivity index (χ0n) is 8.80. The Hall–Kier alpha value is -1.09. The summed E-state index contributed by atoms with van der Waals surface area (Å²) in [7, 11) is -2.63. The van der Waals surface area contributed by atoms with E-state index in [1.165, 1.54) is 12.1 Å². The maximum Gasteiger partial charge on any atom is 0.165 e. The highest BCUT2D eigenvalue weighted by Crippen LogP contribution is 2.16. The van der Waals surface area contributed by atoms with Gasteiger partial charge in [-0.15, -0.1) is 0 Å². The maximum absolute atomic E-state index is 13.1. The lowest BCUT2D eigenvalue weighted by Gasteiger charge is -2.02. The third kappa shape index (κ3) is 1.68. The molecular formula is C8H10FNO. The highest BCUT2D eigenvalue weighted by molar-refractivity contribution is 5.28. The molecule has 1 aromatic carbocycles. The van der Waals surface area contributed by atoms with Crippen molar-refractivity contribution in [1.82, 2.24) is 0 Å². The van der Waals surface area contributed by atoms with Gasteiger partial charge in [0.05, 0.1) is 11.2 Å². The molecule has 0 amide bonds. The van der Waals surface area contributed by atoms with Gasteiger partial charge in [0.1, 0.15) is 0 Å². The molecule has 11 heavy (non-hydrogen) atoms. The molecule has 0 spiro atoms. The van der Waals surface area contributed by atoms with Crippen LogP contribution in [-0.2, 0) is 6.54 Å². The summed E-state index contributed by atoms with van der Waals surface area (Å²) in [6.45, 7) is 0.199. The van der Waals surface area contributed by atoms with E-state index in [2.05, 4.69) is 4.74 Å². The van der Waals surface area contributed by atoms with Crippen molar-refractivity contribution in [2.24, 2.45) is 5.73 Å². The van der Waals surface area contributed by atoms with Crippen LogP contribution in [0.3, 0.4) is 0 Å². The highest BCUT2D eigenvalue weighted by Gasteiger charge is 2.00. The fourth-order valence-corrected chi connectivity index (χ4v) is 0.754. The molecule has 0 saturated carbocycles. The van der Waals surface area contributed by atoms with E-state index in [0.717, 1.165) is 6.07 Å². The predicted octanol–water partition coefficient (Wildman–Crippen LogP) is 1.29. The van der Waals surface area contributed by atoms with Crippen LogP contribution in [0.5, 0.6) is 5.75 Å². The molecule has 2 nitrogen and oxygen atoms in total. The normalized spacial score (nSPS) is 14.9. The molecule has 0 fully saturated rings. The Morgan fingerprint density at radius 1 is 1.73 bits per heavy atom. The highest BCUT2D eigenvalue weighted by atomic mass is 19.1. The summed E-state index contributed by atoms with van der Waals surface area (Å²) in [5, 5.41) is 0. The van der Waals surface area contributed by atoms with Crippen LogP contribution >= 0.6 is 0 Å². The van der Waals surface area contributed by atoms with Crippen molar-refractivity contribution >= 4 is 0 Å². The number of nitrogens with two attached hydrogens (primary N) is 1. The second-order valence-corrected chi connectivity index (χ2v) is 2.07. The first-order chi connectivity index (χ1) is 6.42. The number of methoxy groups -OCH3 is 1. The molecule has 0 aromatic heterocycles. The minimum absolute atomic E-state index is 0.199. The zero-order chi connectivity index (χ0) is 10.8. The first-order valence-corrected chi connectivity index (χ1v) is 3.10. The molecule has 1 aromatic rings. The van der Waals surface area contributed by atoms with Crippen LogP contribution in [0.25, 0.3) is 0 Å². The predicted molar refractivity (Wildman–Crippen MR) is 40.8 cm³/mol. The summed E-state index contributed by atoms with van der Waals surface area (Å²) < 4.78 is 37.9. The van der Waals surface area contributed by atoms with Gasteiger partial charge in [-0.05, 0) is 17.7 Å². The Balaban J connectivity index is 2.89. The van der Waals surface area contributed by atoms with Crippen LogP contribution in [0.2, 0.25) is 0 Å². The maximum atomic E-state index is 13.1. The molecule has 0 aliphatic heterocycles. The molecule has 3 heteroatoms. The zero-order valence-corrected chi connectivity index (χ0v) is 5.80. The first-order valence-electron chi connectivity index (χ1n) is 4.60. The Morgan fingerprint density at radius 3 is 3.09 bits per heavy atom. The quantitative estimate of drug-likeness (QED) is 0.704. The van der Waals surface area contributed by atoms with Crippen LogP contribution < -0.4 is 10.5 Å². The fraction of sp³-hybridized carbons (Fsp3) is 0.250. The van der Waals surface area contributed by atoms with Crippen LogP contribution in [0.4, 0.5) is 4.39 Å². The largest absolute Gasteiger partial charge is 0.494 e. The fourth-order valence-electron chi connectivity index (χ4n) is 0.754. The smallest absolute Gasteiger partial charge is 0.165 e. The van der Waals surface area contributed by atoms with E-state index in [1.54, 1.807) is 0 Å². The molecule has 0 heterocycles. The number of hydrogen-bond acceptors (Lipinski definition) is 2. The number of rotatable bonds is 2. The first kappa shape index (κ1) is 4.72. The molecule has 2 N–H and O–H groups in total. The minimum atomic E-state index is -2.63. The van der Waals surface area contributed by atoms with Crippen LogP contribution in [0, 0.1) is 5.82 Å². The summed E-state index contributed by atoms with van der Waals surface area (Å²) in [4.78, 5) is 0. The van der Waals surface area contributed by atoms with Gasteiger partial charge < -0.3 is 10.5 Å². The SMILES string of the molecule is [2H]C([2H])([2H])Oc1ccc(CN)cc1F. The van der Waals surface area contributed by atoms with E-state index in [-0.39, 0.29) is 12.3 Å². The third-order valence-corrected chi connectivity index (χ3v) is 1.34. The van der Waals surface area contributed by atoms with Crippen molar-refractivity contribution in [2.45, 2.75) is 6.54 Å². The summed E-state index contributed by atoms with van der Waals surface area (Å²) in [6.07, 6.45) is 0. The molecule has 0 radical (unpaired) electrons. The van der Waals surface area contributed by atoms with Crippen molar-refractivity contribution in [1.29, 1.82) is 0 Å². The van der Waals surface area contributed by atoms with Gasteiger partial charge in [-0.1, -0.05) is 6.07 Å². The number of benzene rings is 1. The van der Waals surface area contributed by atoms with Gasteiger partial charge in [-0.2, -0.15) is 0 Å². The molecule has 0 saturated heterocycles. The molecule has 0 aliphatic carbocycles. The second-order valence-electron chi connectivity index (χ2n) is 2.07. The Kier molecular flexibility index (Phi) is 1.44. The Morgan fingerprint density at radius 2 is 2.55 bits per heavy atom. The Labute approximate surface area is 69.0 Å². The third-order valence-electron chi connectivity index (χ3n) is 1.34. The molecular weight excluding hydrogens is 145 g/mol. The van der Waals surface area contributed by atoms with Gasteiger partial charge in [-0.25, -0.2) is 4.39 Å². The van der Waals surface area contributed by atoms with Gasteiger partial charge in [0.15, 0.2) is 11.6 Å². The summed E-state index contributed by atoms with van der Waals surface area (Å²) in [5.41, 5.74) is 5.86. The van der Waals surface area contributed by atoms with E-state index >= 15 is 0 Å².